The number of amides is 1. The normalized spacial score (nSPS) is 14.9. The summed E-state index contributed by atoms with van der Waals surface area (Å²) < 4.78 is 72.8. The van der Waals surface area contributed by atoms with Gasteiger partial charge in [-0.1, -0.05) is 0 Å². The van der Waals surface area contributed by atoms with Crippen LogP contribution in [0.25, 0.3) is 0 Å². The number of benzene rings is 2. The van der Waals surface area contributed by atoms with Crippen LogP contribution in [0.5, 0.6) is 11.5 Å². The van der Waals surface area contributed by atoms with Crippen molar-refractivity contribution in [1.29, 1.82) is 0 Å². The number of hydrogen-bond acceptors (Lipinski definition) is 5. The Morgan fingerprint density at radius 3 is 2.34 bits per heavy atom. The van der Waals surface area contributed by atoms with E-state index in [-0.39, 0.29) is 23.6 Å². The Hall–Kier alpha value is -2.79. The average molecular weight is 472 g/mol. The van der Waals surface area contributed by atoms with Gasteiger partial charge in [0, 0.05) is 25.2 Å². The topological polar surface area (TPSA) is 84.9 Å². The summed E-state index contributed by atoms with van der Waals surface area (Å²) >= 11 is 0. The molecule has 0 bridgehead atoms. The number of anilines is 1. The van der Waals surface area contributed by atoms with E-state index < -0.39 is 22.1 Å². The van der Waals surface area contributed by atoms with E-state index in [2.05, 4.69) is 10.1 Å². The fourth-order valence-electron chi connectivity index (χ4n) is 3.40. The highest BCUT2D eigenvalue weighted by atomic mass is 32.2. The quantitative estimate of drug-likeness (QED) is 0.629. The van der Waals surface area contributed by atoms with E-state index in [1.54, 1.807) is 6.07 Å². The number of ether oxygens (including phenoxy) is 2. The standard InChI is InChI=1S/C21H23F3N2O5S/c1-30-19-10-9-18(32(28,29)26-12-2-3-13-26)14-15(19)4-11-20(27)25-16-5-7-17(8-6-16)31-21(22,23)24/h5-10,14H,2-4,11-13H2,1H3,(H,25,27). The number of carbonyl (C=O) groups is 1. The van der Waals surface area contributed by atoms with Crippen LogP contribution in [0, 0.1) is 0 Å². The minimum atomic E-state index is -4.79. The summed E-state index contributed by atoms with van der Waals surface area (Å²) in [5.74, 6) is -0.313. The van der Waals surface area contributed by atoms with Crippen molar-refractivity contribution in [1.82, 2.24) is 4.31 Å². The summed E-state index contributed by atoms with van der Waals surface area (Å²) in [5, 5.41) is 2.59. The Morgan fingerprint density at radius 2 is 1.75 bits per heavy atom. The molecule has 0 aromatic heterocycles. The molecular weight excluding hydrogens is 449 g/mol. The van der Waals surface area contributed by atoms with Crippen LogP contribution >= 0.6 is 0 Å². The molecule has 1 amide bonds. The van der Waals surface area contributed by atoms with Crippen molar-refractivity contribution in [2.75, 3.05) is 25.5 Å². The van der Waals surface area contributed by atoms with Gasteiger partial charge in [-0.2, -0.15) is 4.31 Å². The highest BCUT2D eigenvalue weighted by Crippen LogP contribution is 2.28. The molecule has 1 fully saturated rings. The molecule has 32 heavy (non-hydrogen) atoms. The van der Waals surface area contributed by atoms with Crippen molar-refractivity contribution in [2.45, 2.75) is 36.9 Å². The van der Waals surface area contributed by atoms with E-state index in [0.29, 0.717) is 30.1 Å². The molecule has 0 spiro atoms. The largest absolute Gasteiger partial charge is 0.573 e. The van der Waals surface area contributed by atoms with Crippen LogP contribution < -0.4 is 14.8 Å². The molecule has 2 aromatic carbocycles. The van der Waals surface area contributed by atoms with Gasteiger partial charge in [-0.25, -0.2) is 8.42 Å². The maximum Gasteiger partial charge on any atom is 0.573 e. The smallest absolute Gasteiger partial charge is 0.496 e. The first kappa shape index (κ1) is 23.9. The van der Waals surface area contributed by atoms with Gasteiger partial charge in [0.1, 0.15) is 11.5 Å². The van der Waals surface area contributed by atoms with Gasteiger partial charge in [0.25, 0.3) is 0 Å². The van der Waals surface area contributed by atoms with Crippen LogP contribution in [-0.2, 0) is 21.2 Å². The van der Waals surface area contributed by atoms with Gasteiger partial charge in [0.2, 0.25) is 15.9 Å². The van der Waals surface area contributed by atoms with E-state index >= 15 is 0 Å². The lowest BCUT2D eigenvalue weighted by atomic mass is 10.1. The van der Waals surface area contributed by atoms with Crippen molar-refractivity contribution in [3.05, 3.63) is 48.0 Å². The number of nitrogens with one attached hydrogen (secondary N) is 1. The molecule has 0 atom stereocenters. The van der Waals surface area contributed by atoms with Crippen LogP contribution in [0.4, 0.5) is 18.9 Å². The molecule has 0 radical (unpaired) electrons. The van der Waals surface area contributed by atoms with E-state index in [1.165, 1.54) is 35.7 Å². The van der Waals surface area contributed by atoms with Crippen molar-refractivity contribution >= 4 is 21.6 Å². The molecule has 7 nitrogen and oxygen atoms in total. The Morgan fingerprint density at radius 1 is 1.09 bits per heavy atom. The molecule has 0 unspecified atom stereocenters. The van der Waals surface area contributed by atoms with E-state index in [9.17, 15) is 26.4 Å². The molecule has 3 rings (SSSR count). The molecule has 0 saturated carbocycles. The number of hydrogen-bond donors (Lipinski definition) is 1. The zero-order valence-electron chi connectivity index (χ0n) is 17.3. The molecule has 1 heterocycles. The van der Waals surface area contributed by atoms with Gasteiger partial charge in [-0.15, -0.1) is 13.2 Å². The Balaban J connectivity index is 1.64. The van der Waals surface area contributed by atoms with Gasteiger partial charge >= 0.3 is 6.36 Å². The minimum absolute atomic E-state index is 0.0182. The van der Waals surface area contributed by atoms with Gasteiger partial charge < -0.3 is 14.8 Å². The Bertz CT molecular complexity index is 1050. The van der Waals surface area contributed by atoms with Crippen LogP contribution in [0.2, 0.25) is 0 Å². The molecule has 0 aliphatic carbocycles. The van der Waals surface area contributed by atoms with Crippen LogP contribution in [-0.4, -0.2) is 45.2 Å². The SMILES string of the molecule is COc1ccc(S(=O)(=O)N2CCCC2)cc1CCC(=O)Nc1ccc(OC(F)(F)F)cc1. The zero-order valence-corrected chi connectivity index (χ0v) is 18.1. The summed E-state index contributed by atoms with van der Waals surface area (Å²) in [6.45, 7) is 0.970. The Labute approximate surface area is 184 Å². The number of carbonyl (C=O) groups excluding carboxylic acids is 1. The van der Waals surface area contributed by atoms with Crippen molar-refractivity contribution in [3.63, 3.8) is 0 Å². The van der Waals surface area contributed by atoms with Crippen molar-refractivity contribution < 1.29 is 35.9 Å². The second kappa shape index (κ2) is 9.78. The highest BCUT2D eigenvalue weighted by Gasteiger charge is 2.31. The maximum atomic E-state index is 12.8. The molecule has 174 valence electrons. The van der Waals surface area contributed by atoms with Gasteiger partial charge in [0.15, 0.2) is 0 Å². The third-order valence-corrected chi connectivity index (χ3v) is 6.84. The van der Waals surface area contributed by atoms with Gasteiger partial charge in [0.05, 0.1) is 12.0 Å². The lowest BCUT2D eigenvalue weighted by Gasteiger charge is -2.17. The molecule has 1 saturated heterocycles. The highest BCUT2D eigenvalue weighted by molar-refractivity contribution is 7.89. The Kier molecular flexibility index (Phi) is 7.29. The molecule has 1 N–H and O–H groups in total. The molecule has 11 heteroatoms. The summed E-state index contributed by atoms with van der Waals surface area (Å²) in [4.78, 5) is 12.4. The predicted octanol–water partition coefficient (Wildman–Crippen LogP) is 3.95. The van der Waals surface area contributed by atoms with Crippen molar-refractivity contribution in [2.24, 2.45) is 0 Å². The van der Waals surface area contributed by atoms with Crippen LogP contribution in [0.3, 0.4) is 0 Å². The lowest BCUT2D eigenvalue weighted by Crippen LogP contribution is -2.28. The fraction of sp³-hybridized carbons (Fsp3) is 0.381. The molecular formula is C21H23F3N2O5S. The second-order valence-electron chi connectivity index (χ2n) is 7.21. The third-order valence-electron chi connectivity index (χ3n) is 4.95. The first-order chi connectivity index (χ1) is 15.1. The van der Waals surface area contributed by atoms with Gasteiger partial charge in [-0.05, 0) is 67.3 Å². The first-order valence-electron chi connectivity index (χ1n) is 9.91. The van der Waals surface area contributed by atoms with Gasteiger partial charge in [-0.3, -0.25) is 4.79 Å². The summed E-state index contributed by atoms with van der Waals surface area (Å²) in [7, 11) is -2.15. The third kappa shape index (κ3) is 6.13. The average Bonchev–Trinajstić information content (AvgIpc) is 3.28. The monoisotopic (exact) mass is 472 g/mol. The molecule has 2 aromatic rings. The lowest BCUT2D eigenvalue weighted by molar-refractivity contribution is -0.274. The van der Waals surface area contributed by atoms with E-state index in [0.717, 1.165) is 25.0 Å². The number of sulfonamides is 1. The summed E-state index contributed by atoms with van der Waals surface area (Å²) in [6, 6.07) is 9.35. The molecule has 1 aliphatic heterocycles. The predicted molar refractivity (Wildman–Crippen MR) is 111 cm³/mol. The van der Waals surface area contributed by atoms with Crippen LogP contribution in [0.1, 0.15) is 24.8 Å². The number of alkyl halides is 3. The number of methoxy groups -OCH3 is 1. The number of rotatable bonds is 8. The minimum Gasteiger partial charge on any atom is -0.496 e. The van der Waals surface area contributed by atoms with E-state index in [4.69, 9.17) is 4.74 Å². The molecule has 1 aliphatic rings. The number of aryl methyl sites for hydroxylation is 1. The number of nitrogens with zero attached hydrogens (tertiary/aromatic N) is 1. The van der Waals surface area contributed by atoms with E-state index in [1.807, 2.05) is 0 Å². The summed E-state index contributed by atoms with van der Waals surface area (Å²) in [6.07, 6.45) is -2.91. The van der Waals surface area contributed by atoms with Crippen molar-refractivity contribution in [3.8, 4) is 11.5 Å². The fourth-order valence-corrected chi connectivity index (χ4v) is 4.97. The first-order valence-corrected chi connectivity index (χ1v) is 11.4. The summed E-state index contributed by atoms with van der Waals surface area (Å²) in [5.41, 5.74) is 0.874. The number of halogens is 3. The second-order valence-corrected chi connectivity index (χ2v) is 9.14. The maximum absolute atomic E-state index is 12.8. The zero-order chi connectivity index (χ0) is 23.4. The van der Waals surface area contributed by atoms with Crippen LogP contribution in [0.15, 0.2) is 47.4 Å².